The second-order valence-corrected chi connectivity index (χ2v) is 6.37. The molecule has 5 heteroatoms. The molecule has 0 radical (unpaired) electrons. The van der Waals surface area contributed by atoms with Gasteiger partial charge in [0.25, 0.3) is 0 Å². The molecule has 0 aromatic carbocycles. The van der Waals surface area contributed by atoms with Gasteiger partial charge in [-0.1, -0.05) is 25.3 Å². The van der Waals surface area contributed by atoms with E-state index in [9.17, 15) is 4.79 Å². The number of hydrogen-bond acceptors (Lipinski definition) is 3. The summed E-state index contributed by atoms with van der Waals surface area (Å²) in [7, 11) is 4.06. The predicted octanol–water partition coefficient (Wildman–Crippen LogP) is 2.49. The lowest BCUT2D eigenvalue weighted by Crippen LogP contribution is -2.47. The van der Waals surface area contributed by atoms with Crippen LogP contribution < -0.4 is 5.32 Å². The number of pyridine rings is 1. The zero-order valence-corrected chi connectivity index (χ0v) is 13.8. The third-order valence-electron chi connectivity index (χ3n) is 4.13. The van der Waals surface area contributed by atoms with Crippen molar-refractivity contribution in [3.05, 3.63) is 30.1 Å². The lowest BCUT2D eigenvalue weighted by Gasteiger charge is -2.29. The fourth-order valence-electron chi connectivity index (χ4n) is 2.80. The van der Waals surface area contributed by atoms with Crippen LogP contribution in [0.4, 0.5) is 4.79 Å². The van der Waals surface area contributed by atoms with E-state index in [-0.39, 0.29) is 6.03 Å². The van der Waals surface area contributed by atoms with Crippen LogP contribution in [0.3, 0.4) is 0 Å². The Morgan fingerprint density at radius 1 is 1.27 bits per heavy atom. The van der Waals surface area contributed by atoms with E-state index in [1.807, 2.05) is 37.3 Å². The maximum Gasteiger partial charge on any atom is 0.317 e. The summed E-state index contributed by atoms with van der Waals surface area (Å²) < 4.78 is 0. The van der Waals surface area contributed by atoms with Crippen molar-refractivity contribution in [2.75, 3.05) is 27.2 Å². The Morgan fingerprint density at radius 3 is 2.68 bits per heavy atom. The van der Waals surface area contributed by atoms with E-state index in [0.717, 1.165) is 31.5 Å². The molecule has 1 N–H and O–H groups in total. The van der Waals surface area contributed by atoms with Gasteiger partial charge >= 0.3 is 6.03 Å². The maximum atomic E-state index is 12.6. The minimum absolute atomic E-state index is 0.0533. The number of carbonyl (C=O) groups is 1. The minimum Gasteiger partial charge on any atom is -0.335 e. The summed E-state index contributed by atoms with van der Waals surface area (Å²) in [6, 6.07) is 4.33. The summed E-state index contributed by atoms with van der Waals surface area (Å²) in [5, 5.41) is 3.21. The van der Waals surface area contributed by atoms with Crippen LogP contribution in [-0.4, -0.2) is 54.0 Å². The molecule has 2 amide bonds. The molecule has 5 nitrogen and oxygen atoms in total. The van der Waals surface area contributed by atoms with E-state index in [4.69, 9.17) is 0 Å². The first kappa shape index (κ1) is 16.7. The highest BCUT2D eigenvalue weighted by atomic mass is 16.2. The van der Waals surface area contributed by atoms with Gasteiger partial charge in [-0.25, -0.2) is 4.79 Å². The average Bonchev–Trinajstić information content (AvgIpc) is 2.53. The number of likely N-dealkylation sites (N-methyl/N-ethyl adjacent to an activating group) is 1. The maximum absolute atomic E-state index is 12.6. The lowest BCUT2D eigenvalue weighted by molar-refractivity contribution is 0.181. The lowest BCUT2D eigenvalue weighted by atomic mass is 9.96. The van der Waals surface area contributed by atoms with Gasteiger partial charge in [-0.15, -0.1) is 0 Å². The molecule has 1 aromatic heterocycles. The van der Waals surface area contributed by atoms with E-state index in [0.29, 0.717) is 12.6 Å². The summed E-state index contributed by atoms with van der Waals surface area (Å²) in [6.45, 7) is 2.19. The Balaban J connectivity index is 1.94. The predicted molar refractivity (Wildman–Crippen MR) is 88.6 cm³/mol. The number of urea groups is 1. The molecule has 122 valence electrons. The molecule has 1 aliphatic carbocycles. The fraction of sp³-hybridized carbons (Fsp3) is 0.647. The summed E-state index contributed by atoms with van der Waals surface area (Å²) in [4.78, 5) is 20.7. The van der Waals surface area contributed by atoms with Crippen molar-refractivity contribution in [3.8, 4) is 0 Å². The van der Waals surface area contributed by atoms with Crippen LogP contribution in [0.25, 0.3) is 0 Å². The second kappa shape index (κ2) is 8.73. The highest BCUT2D eigenvalue weighted by molar-refractivity contribution is 5.74. The summed E-state index contributed by atoms with van der Waals surface area (Å²) >= 11 is 0. The highest BCUT2D eigenvalue weighted by Crippen LogP contribution is 2.17. The first-order valence-corrected chi connectivity index (χ1v) is 8.24. The summed E-state index contributed by atoms with van der Waals surface area (Å²) in [5.41, 5.74) is 1.07. The largest absolute Gasteiger partial charge is 0.335 e. The van der Waals surface area contributed by atoms with Crippen molar-refractivity contribution in [1.29, 1.82) is 0 Å². The molecule has 2 rings (SSSR count). The van der Waals surface area contributed by atoms with Gasteiger partial charge in [0, 0.05) is 38.1 Å². The van der Waals surface area contributed by atoms with Crippen molar-refractivity contribution < 1.29 is 4.79 Å². The van der Waals surface area contributed by atoms with Crippen molar-refractivity contribution in [3.63, 3.8) is 0 Å². The van der Waals surface area contributed by atoms with Crippen molar-refractivity contribution in [2.45, 2.75) is 44.7 Å². The molecule has 22 heavy (non-hydrogen) atoms. The minimum atomic E-state index is 0.0533. The topological polar surface area (TPSA) is 48.5 Å². The van der Waals surface area contributed by atoms with Gasteiger partial charge in [-0.2, -0.15) is 0 Å². The molecule has 0 atom stereocenters. The van der Waals surface area contributed by atoms with Crippen LogP contribution in [-0.2, 0) is 6.54 Å². The molecular weight excluding hydrogens is 276 g/mol. The molecule has 0 spiro atoms. The van der Waals surface area contributed by atoms with E-state index < -0.39 is 0 Å². The Hall–Kier alpha value is -1.62. The van der Waals surface area contributed by atoms with Gasteiger partial charge in [0.05, 0.1) is 0 Å². The van der Waals surface area contributed by atoms with Gasteiger partial charge in [-0.05, 0) is 38.6 Å². The van der Waals surface area contributed by atoms with Crippen LogP contribution in [0.2, 0.25) is 0 Å². The normalized spacial score (nSPS) is 15.8. The SMILES string of the molecule is CN(C)CCN(Cc1cccnc1)C(=O)NC1CCCCC1. The number of carbonyl (C=O) groups excluding carboxylic acids is 1. The monoisotopic (exact) mass is 304 g/mol. The van der Waals surface area contributed by atoms with Gasteiger partial charge in [0.2, 0.25) is 0 Å². The van der Waals surface area contributed by atoms with E-state index in [1.165, 1.54) is 19.3 Å². The molecule has 0 unspecified atom stereocenters. The van der Waals surface area contributed by atoms with Gasteiger partial charge in [0.15, 0.2) is 0 Å². The third kappa shape index (κ3) is 5.64. The Kier molecular flexibility index (Phi) is 6.65. The average molecular weight is 304 g/mol. The molecule has 1 saturated carbocycles. The quantitative estimate of drug-likeness (QED) is 0.878. The molecule has 1 aromatic rings. The van der Waals surface area contributed by atoms with Crippen molar-refractivity contribution >= 4 is 6.03 Å². The number of nitrogens with zero attached hydrogens (tertiary/aromatic N) is 3. The molecule has 0 bridgehead atoms. The molecule has 1 heterocycles. The van der Waals surface area contributed by atoms with E-state index >= 15 is 0 Å². The van der Waals surface area contributed by atoms with E-state index in [2.05, 4.69) is 15.2 Å². The van der Waals surface area contributed by atoms with Crippen molar-refractivity contribution in [1.82, 2.24) is 20.1 Å². The molecule has 0 aliphatic heterocycles. The molecular formula is C17H28N4O. The second-order valence-electron chi connectivity index (χ2n) is 6.37. The summed E-state index contributed by atoms with van der Waals surface area (Å²) in [5.74, 6) is 0. The van der Waals surface area contributed by atoms with Crippen LogP contribution in [0.1, 0.15) is 37.7 Å². The summed E-state index contributed by atoms with van der Waals surface area (Å²) in [6.07, 6.45) is 9.56. The van der Waals surface area contributed by atoms with Crippen LogP contribution in [0.15, 0.2) is 24.5 Å². The van der Waals surface area contributed by atoms with E-state index in [1.54, 1.807) is 6.20 Å². The van der Waals surface area contributed by atoms with Gasteiger partial charge in [0.1, 0.15) is 0 Å². The van der Waals surface area contributed by atoms with Crippen molar-refractivity contribution in [2.24, 2.45) is 0 Å². The van der Waals surface area contributed by atoms with Crippen LogP contribution in [0.5, 0.6) is 0 Å². The Bertz CT molecular complexity index is 443. The first-order valence-electron chi connectivity index (χ1n) is 8.24. The highest BCUT2D eigenvalue weighted by Gasteiger charge is 2.20. The third-order valence-corrected chi connectivity index (χ3v) is 4.13. The zero-order chi connectivity index (χ0) is 15.8. The van der Waals surface area contributed by atoms with Crippen LogP contribution in [0, 0.1) is 0 Å². The number of nitrogens with one attached hydrogen (secondary N) is 1. The smallest absolute Gasteiger partial charge is 0.317 e. The zero-order valence-electron chi connectivity index (χ0n) is 13.8. The molecule has 0 saturated heterocycles. The van der Waals surface area contributed by atoms with Gasteiger partial charge < -0.3 is 15.1 Å². The standard InChI is InChI=1S/C17H28N4O/c1-20(2)11-12-21(14-15-7-6-10-18-13-15)17(22)19-16-8-4-3-5-9-16/h6-7,10,13,16H,3-5,8-9,11-12,14H2,1-2H3,(H,19,22). The first-order chi connectivity index (χ1) is 10.6. The Labute approximate surface area is 133 Å². The Morgan fingerprint density at radius 2 is 2.05 bits per heavy atom. The van der Waals surface area contributed by atoms with Crippen LogP contribution >= 0.6 is 0 Å². The van der Waals surface area contributed by atoms with Gasteiger partial charge in [-0.3, -0.25) is 4.98 Å². The molecule has 1 fully saturated rings. The number of hydrogen-bond donors (Lipinski definition) is 1. The number of aromatic nitrogens is 1. The molecule has 1 aliphatic rings. The number of rotatable bonds is 6. The number of amides is 2. The fourth-order valence-corrected chi connectivity index (χ4v) is 2.80.